The fourth-order valence-corrected chi connectivity index (χ4v) is 2.21. The second-order valence-corrected chi connectivity index (χ2v) is 5.17. The molecular formula is C9H15N5O3S. The molecule has 0 aliphatic carbocycles. The molecular weight excluding hydrogens is 258 g/mol. The minimum absolute atomic E-state index is 0.0493. The van der Waals surface area contributed by atoms with E-state index in [9.17, 15) is 13.2 Å². The monoisotopic (exact) mass is 273 g/mol. The molecule has 1 aromatic rings. The number of nitrogens with two attached hydrogens (primary N) is 1. The Labute approximate surface area is 105 Å². The Bertz CT molecular complexity index is 517. The number of amides is 1. The van der Waals surface area contributed by atoms with Crippen LogP contribution in [0, 0.1) is 0 Å². The van der Waals surface area contributed by atoms with Crippen LogP contribution in [0.2, 0.25) is 0 Å². The normalized spacial score (nSPS) is 11.0. The van der Waals surface area contributed by atoms with Gasteiger partial charge in [0.05, 0.1) is 4.90 Å². The lowest BCUT2D eigenvalue weighted by atomic mass is 10.5. The largest absolute Gasteiger partial charge is 0.355 e. The van der Waals surface area contributed by atoms with E-state index >= 15 is 0 Å². The first kappa shape index (κ1) is 14.4. The molecule has 1 rings (SSSR count). The van der Waals surface area contributed by atoms with Gasteiger partial charge in [-0.05, 0) is 6.07 Å². The number of nitrogens with one attached hydrogen (secondary N) is 3. The highest BCUT2D eigenvalue weighted by molar-refractivity contribution is 7.89. The summed E-state index contributed by atoms with van der Waals surface area (Å²) in [6, 6.07) is 2.66. The van der Waals surface area contributed by atoms with Crippen molar-refractivity contribution in [3.63, 3.8) is 0 Å². The second kappa shape index (κ2) is 6.28. The number of carbonyl (C=O) groups excluding carboxylic acids is 1. The van der Waals surface area contributed by atoms with Gasteiger partial charge in [-0.15, -0.1) is 0 Å². The van der Waals surface area contributed by atoms with Crippen LogP contribution in [0.25, 0.3) is 0 Å². The fraction of sp³-hybridized carbons (Fsp3) is 0.333. The molecule has 0 fully saturated rings. The van der Waals surface area contributed by atoms with Crippen molar-refractivity contribution in [1.82, 2.24) is 15.0 Å². The summed E-state index contributed by atoms with van der Waals surface area (Å²) in [4.78, 5) is 14.5. The maximum absolute atomic E-state index is 11.8. The van der Waals surface area contributed by atoms with Crippen LogP contribution in [-0.2, 0) is 14.8 Å². The van der Waals surface area contributed by atoms with E-state index < -0.39 is 10.0 Å². The third-order valence-corrected chi connectivity index (χ3v) is 3.44. The van der Waals surface area contributed by atoms with Crippen molar-refractivity contribution in [3.05, 3.63) is 18.3 Å². The minimum atomic E-state index is -3.63. The Morgan fingerprint density at radius 2 is 2.17 bits per heavy atom. The van der Waals surface area contributed by atoms with Crippen LogP contribution in [0.1, 0.15) is 6.92 Å². The van der Waals surface area contributed by atoms with Gasteiger partial charge in [-0.1, -0.05) is 0 Å². The molecule has 0 aliphatic rings. The number of anilines is 1. The van der Waals surface area contributed by atoms with E-state index in [2.05, 4.69) is 20.4 Å². The third-order valence-electron chi connectivity index (χ3n) is 1.98. The van der Waals surface area contributed by atoms with Crippen LogP contribution < -0.4 is 21.3 Å². The molecule has 0 atom stereocenters. The number of sulfonamides is 1. The molecule has 0 aromatic carbocycles. The van der Waals surface area contributed by atoms with E-state index in [0.29, 0.717) is 0 Å². The van der Waals surface area contributed by atoms with Crippen molar-refractivity contribution < 1.29 is 13.2 Å². The number of nitrogen functional groups attached to an aromatic ring is 1. The number of hydrazine groups is 1. The predicted octanol–water partition coefficient (Wildman–Crippen LogP) is -1.22. The van der Waals surface area contributed by atoms with Gasteiger partial charge in [-0.2, -0.15) is 0 Å². The Morgan fingerprint density at radius 1 is 1.44 bits per heavy atom. The Morgan fingerprint density at radius 3 is 2.78 bits per heavy atom. The highest BCUT2D eigenvalue weighted by Gasteiger charge is 2.13. The first-order valence-electron chi connectivity index (χ1n) is 5.12. The molecule has 5 N–H and O–H groups in total. The van der Waals surface area contributed by atoms with Gasteiger partial charge in [-0.3, -0.25) is 4.79 Å². The summed E-state index contributed by atoms with van der Waals surface area (Å²) in [6.07, 6.45) is 1.33. The Hall–Kier alpha value is -1.71. The molecule has 0 saturated carbocycles. The van der Waals surface area contributed by atoms with Gasteiger partial charge in [0.15, 0.2) is 0 Å². The van der Waals surface area contributed by atoms with E-state index in [1.54, 1.807) is 0 Å². The zero-order valence-corrected chi connectivity index (χ0v) is 10.6. The molecule has 1 amide bonds. The highest BCUT2D eigenvalue weighted by Crippen LogP contribution is 2.11. The number of carbonyl (C=O) groups is 1. The Balaban J connectivity index is 2.65. The second-order valence-electron chi connectivity index (χ2n) is 3.40. The van der Waals surface area contributed by atoms with Gasteiger partial charge in [0, 0.05) is 32.3 Å². The standard InChI is InChI=1S/C9H15N5O3S/c1-7(15)11-4-5-13-18(16,17)8-2-3-12-9(6-8)14-10/h2-3,6,13H,4-5,10H2,1H3,(H,11,15)(H,12,14). The first-order chi connectivity index (χ1) is 8.45. The molecule has 0 radical (unpaired) electrons. The average Bonchev–Trinajstić information content (AvgIpc) is 2.34. The molecule has 0 unspecified atom stereocenters. The molecule has 0 bridgehead atoms. The van der Waals surface area contributed by atoms with E-state index in [4.69, 9.17) is 5.84 Å². The van der Waals surface area contributed by atoms with Crippen molar-refractivity contribution in [1.29, 1.82) is 0 Å². The van der Waals surface area contributed by atoms with Crippen molar-refractivity contribution in [2.75, 3.05) is 18.5 Å². The van der Waals surface area contributed by atoms with E-state index in [1.165, 1.54) is 25.3 Å². The summed E-state index contributed by atoms with van der Waals surface area (Å²) in [6.45, 7) is 1.69. The lowest BCUT2D eigenvalue weighted by Crippen LogP contribution is -2.33. The van der Waals surface area contributed by atoms with Crippen LogP contribution in [0.5, 0.6) is 0 Å². The summed E-state index contributed by atoms with van der Waals surface area (Å²) in [7, 11) is -3.63. The van der Waals surface area contributed by atoms with Gasteiger partial charge < -0.3 is 10.7 Å². The summed E-state index contributed by atoms with van der Waals surface area (Å²) >= 11 is 0. The smallest absolute Gasteiger partial charge is 0.240 e. The SMILES string of the molecule is CC(=O)NCCNS(=O)(=O)c1ccnc(NN)c1. The lowest BCUT2D eigenvalue weighted by Gasteiger charge is -2.08. The summed E-state index contributed by atoms with van der Waals surface area (Å²) in [5.41, 5.74) is 2.26. The van der Waals surface area contributed by atoms with Gasteiger partial charge in [-0.25, -0.2) is 24.0 Å². The van der Waals surface area contributed by atoms with Crippen molar-refractivity contribution >= 4 is 21.7 Å². The van der Waals surface area contributed by atoms with E-state index in [0.717, 1.165) is 0 Å². The molecule has 0 aliphatic heterocycles. The molecule has 0 saturated heterocycles. The summed E-state index contributed by atoms with van der Waals surface area (Å²) < 4.78 is 26.0. The topological polar surface area (TPSA) is 126 Å². The van der Waals surface area contributed by atoms with Gasteiger partial charge in [0.1, 0.15) is 5.82 Å². The Kier molecular flexibility index (Phi) is 5.01. The van der Waals surface area contributed by atoms with Crippen LogP contribution in [0.3, 0.4) is 0 Å². The maximum atomic E-state index is 11.8. The van der Waals surface area contributed by atoms with Crippen molar-refractivity contribution in [2.45, 2.75) is 11.8 Å². The number of rotatable bonds is 6. The maximum Gasteiger partial charge on any atom is 0.240 e. The predicted molar refractivity (Wildman–Crippen MR) is 65.9 cm³/mol. The molecule has 1 heterocycles. The van der Waals surface area contributed by atoms with Gasteiger partial charge >= 0.3 is 0 Å². The number of hydrogen-bond donors (Lipinski definition) is 4. The number of nitrogens with zero attached hydrogens (tertiary/aromatic N) is 1. The third kappa shape index (κ3) is 4.28. The molecule has 9 heteroatoms. The summed E-state index contributed by atoms with van der Waals surface area (Å²) in [5, 5.41) is 2.48. The van der Waals surface area contributed by atoms with Crippen LogP contribution >= 0.6 is 0 Å². The lowest BCUT2D eigenvalue weighted by molar-refractivity contribution is -0.118. The first-order valence-corrected chi connectivity index (χ1v) is 6.61. The molecule has 1 aromatic heterocycles. The molecule has 18 heavy (non-hydrogen) atoms. The summed E-state index contributed by atoms with van der Waals surface area (Å²) in [5.74, 6) is 5.18. The minimum Gasteiger partial charge on any atom is -0.355 e. The van der Waals surface area contributed by atoms with Gasteiger partial charge in [0.25, 0.3) is 0 Å². The zero-order chi connectivity index (χ0) is 13.6. The molecule has 8 nitrogen and oxygen atoms in total. The molecule has 0 spiro atoms. The van der Waals surface area contributed by atoms with E-state index in [1.807, 2.05) is 0 Å². The van der Waals surface area contributed by atoms with Crippen molar-refractivity contribution in [2.24, 2.45) is 5.84 Å². The quantitative estimate of drug-likeness (QED) is 0.292. The number of hydrogen-bond acceptors (Lipinski definition) is 6. The van der Waals surface area contributed by atoms with E-state index in [-0.39, 0.29) is 29.7 Å². The van der Waals surface area contributed by atoms with Crippen LogP contribution in [0.15, 0.2) is 23.2 Å². The number of pyridine rings is 1. The van der Waals surface area contributed by atoms with Gasteiger partial charge in [0.2, 0.25) is 15.9 Å². The average molecular weight is 273 g/mol. The van der Waals surface area contributed by atoms with Crippen LogP contribution in [-0.4, -0.2) is 32.4 Å². The number of aromatic nitrogens is 1. The fourth-order valence-electron chi connectivity index (χ4n) is 1.16. The molecule has 100 valence electrons. The highest BCUT2D eigenvalue weighted by atomic mass is 32.2. The zero-order valence-electron chi connectivity index (χ0n) is 9.80. The van der Waals surface area contributed by atoms with Crippen molar-refractivity contribution in [3.8, 4) is 0 Å². The van der Waals surface area contributed by atoms with Crippen LogP contribution in [0.4, 0.5) is 5.82 Å².